The van der Waals surface area contributed by atoms with Crippen molar-refractivity contribution in [1.29, 1.82) is 0 Å². The van der Waals surface area contributed by atoms with Crippen molar-refractivity contribution < 1.29 is 0 Å². The zero-order chi connectivity index (χ0) is 8.10. The molecule has 0 nitrogen and oxygen atoms in total. The molecule has 1 aromatic rings. The second-order valence-electron chi connectivity index (χ2n) is 3.42. The van der Waals surface area contributed by atoms with Gasteiger partial charge in [-0.2, -0.15) is 0 Å². The molecule has 0 aliphatic carbocycles. The highest BCUT2D eigenvalue weighted by molar-refractivity contribution is 6.55. The molecule has 1 heteroatoms. The molecule has 0 unspecified atom stereocenters. The molecule has 0 radical (unpaired) electrons. The first kappa shape index (κ1) is 8.38. The minimum atomic E-state index is 0.815. The fourth-order valence-corrected chi connectivity index (χ4v) is 1.10. The Kier molecular flexibility index (Phi) is 3.22. The molecule has 0 heterocycles. The first-order valence-electron chi connectivity index (χ1n) is 4.33. The van der Waals surface area contributed by atoms with Crippen LogP contribution in [0.4, 0.5) is 0 Å². The van der Waals surface area contributed by atoms with Crippen molar-refractivity contribution in [2.24, 2.45) is 0 Å². The van der Waals surface area contributed by atoms with Crippen molar-refractivity contribution in [2.45, 2.75) is 26.4 Å². The summed E-state index contributed by atoms with van der Waals surface area (Å²) in [6.45, 7) is 5.35. The average Bonchev–Trinajstić information content (AvgIpc) is 2.03. The predicted molar refractivity (Wildman–Crippen MR) is 52.4 cm³/mol. The van der Waals surface area contributed by atoms with E-state index in [-0.39, 0.29) is 0 Å². The van der Waals surface area contributed by atoms with Gasteiger partial charge in [-0.05, 0) is 12.0 Å². The average molecular weight is 146 g/mol. The number of aryl methyl sites for hydroxylation is 1. The van der Waals surface area contributed by atoms with E-state index in [4.69, 9.17) is 0 Å². The molecule has 0 N–H and O–H groups in total. The molecule has 0 aliphatic heterocycles. The van der Waals surface area contributed by atoms with Gasteiger partial charge in [0.25, 0.3) is 0 Å². The highest BCUT2D eigenvalue weighted by atomic mass is 13.9. The molecular formula is C10H15B. The van der Waals surface area contributed by atoms with Gasteiger partial charge in [-0.25, -0.2) is 0 Å². The Labute approximate surface area is 69.7 Å². The van der Waals surface area contributed by atoms with Crippen molar-refractivity contribution in [3.05, 3.63) is 35.9 Å². The van der Waals surface area contributed by atoms with Gasteiger partial charge in [0.1, 0.15) is 6.71 Å². The zero-order valence-corrected chi connectivity index (χ0v) is 7.38. The summed E-state index contributed by atoms with van der Waals surface area (Å²) in [5, 5.41) is 0. The largest absolute Gasteiger partial charge is 0.133 e. The summed E-state index contributed by atoms with van der Waals surface area (Å²) < 4.78 is 0. The zero-order valence-electron chi connectivity index (χ0n) is 7.38. The van der Waals surface area contributed by atoms with Crippen LogP contribution in [0.5, 0.6) is 0 Å². The van der Waals surface area contributed by atoms with Gasteiger partial charge < -0.3 is 0 Å². The van der Waals surface area contributed by atoms with Gasteiger partial charge in [0, 0.05) is 0 Å². The third-order valence-corrected chi connectivity index (χ3v) is 1.85. The molecule has 11 heavy (non-hydrogen) atoms. The standard InChI is InChI=1S/C10H15B/c1-11(2)9-8-10-6-4-3-5-7-10/h3-7H,8-9H2,1-2H3. The highest BCUT2D eigenvalue weighted by Crippen LogP contribution is 2.04. The number of hydrogen-bond acceptors (Lipinski definition) is 0. The van der Waals surface area contributed by atoms with Gasteiger partial charge in [-0.3, -0.25) is 0 Å². The van der Waals surface area contributed by atoms with E-state index in [1.807, 2.05) is 0 Å². The van der Waals surface area contributed by atoms with E-state index in [0.29, 0.717) is 0 Å². The van der Waals surface area contributed by atoms with Gasteiger partial charge in [-0.15, -0.1) is 0 Å². The minimum Gasteiger partial charge on any atom is -0.0863 e. The fraction of sp³-hybridized carbons (Fsp3) is 0.400. The van der Waals surface area contributed by atoms with Crippen LogP contribution in [0.15, 0.2) is 30.3 Å². The van der Waals surface area contributed by atoms with E-state index in [2.05, 4.69) is 44.0 Å². The van der Waals surface area contributed by atoms with Crippen molar-refractivity contribution in [2.75, 3.05) is 0 Å². The highest BCUT2D eigenvalue weighted by Gasteiger charge is 1.97. The summed E-state index contributed by atoms with van der Waals surface area (Å²) in [4.78, 5) is 0. The van der Waals surface area contributed by atoms with E-state index in [0.717, 1.165) is 6.71 Å². The molecule has 58 valence electrons. The van der Waals surface area contributed by atoms with E-state index in [1.54, 1.807) is 0 Å². The van der Waals surface area contributed by atoms with E-state index >= 15 is 0 Å². The van der Waals surface area contributed by atoms with Crippen LogP contribution < -0.4 is 0 Å². The molecule has 0 atom stereocenters. The molecular weight excluding hydrogens is 131 g/mol. The van der Waals surface area contributed by atoms with Crippen LogP contribution in [-0.4, -0.2) is 6.71 Å². The Morgan fingerprint density at radius 2 is 1.73 bits per heavy atom. The van der Waals surface area contributed by atoms with Gasteiger partial charge in [0.15, 0.2) is 0 Å². The lowest BCUT2D eigenvalue weighted by Gasteiger charge is -2.00. The molecule has 0 saturated carbocycles. The first-order chi connectivity index (χ1) is 5.29. The van der Waals surface area contributed by atoms with Crippen molar-refractivity contribution in [3.63, 3.8) is 0 Å². The number of rotatable bonds is 3. The summed E-state index contributed by atoms with van der Waals surface area (Å²) in [6, 6.07) is 10.7. The Morgan fingerprint density at radius 3 is 2.27 bits per heavy atom. The second-order valence-corrected chi connectivity index (χ2v) is 3.42. The summed E-state index contributed by atoms with van der Waals surface area (Å²) in [6.07, 6.45) is 2.52. The molecule has 0 amide bonds. The monoisotopic (exact) mass is 146 g/mol. The predicted octanol–water partition coefficient (Wildman–Crippen LogP) is 2.98. The topological polar surface area (TPSA) is 0 Å². The molecule has 1 aromatic carbocycles. The summed E-state index contributed by atoms with van der Waals surface area (Å²) >= 11 is 0. The maximum atomic E-state index is 2.27. The third kappa shape index (κ3) is 3.27. The summed E-state index contributed by atoms with van der Waals surface area (Å²) in [5.41, 5.74) is 1.46. The molecule has 1 rings (SSSR count). The minimum absolute atomic E-state index is 0.815. The van der Waals surface area contributed by atoms with E-state index in [9.17, 15) is 0 Å². The number of benzene rings is 1. The quantitative estimate of drug-likeness (QED) is 0.575. The van der Waals surface area contributed by atoms with Gasteiger partial charge in [0.05, 0.1) is 0 Å². The lowest BCUT2D eigenvalue weighted by molar-refractivity contribution is 1.11. The molecule has 0 spiro atoms. The molecule has 0 saturated heterocycles. The SMILES string of the molecule is CB(C)CCc1ccccc1. The molecule has 0 fully saturated rings. The van der Waals surface area contributed by atoms with Crippen molar-refractivity contribution in [3.8, 4) is 0 Å². The van der Waals surface area contributed by atoms with Crippen LogP contribution in [0.1, 0.15) is 5.56 Å². The van der Waals surface area contributed by atoms with Crippen molar-refractivity contribution >= 4 is 6.71 Å². The van der Waals surface area contributed by atoms with Crippen LogP contribution in [0, 0.1) is 0 Å². The third-order valence-electron chi connectivity index (χ3n) is 1.85. The van der Waals surface area contributed by atoms with E-state index in [1.165, 1.54) is 18.3 Å². The molecule has 0 bridgehead atoms. The van der Waals surface area contributed by atoms with Crippen LogP contribution >= 0.6 is 0 Å². The Hall–Kier alpha value is -0.715. The van der Waals surface area contributed by atoms with Crippen molar-refractivity contribution in [1.82, 2.24) is 0 Å². The molecule has 0 aromatic heterocycles. The maximum absolute atomic E-state index is 2.27. The van der Waals surface area contributed by atoms with Crippen LogP contribution in [0.3, 0.4) is 0 Å². The van der Waals surface area contributed by atoms with E-state index < -0.39 is 0 Å². The normalized spacial score (nSPS) is 9.64. The van der Waals surface area contributed by atoms with Gasteiger partial charge in [0.2, 0.25) is 0 Å². The Morgan fingerprint density at radius 1 is 1.09 bits per heavy atom. The van der Waals surface area contributed by atoms with Crippen LogP contribution in [0.25, 0.3) is 0 Å². The smallest absolute Gasteiger partial charge is 0.0863 e. The molecule has 0 aliphatic rings. The Bertz CT molecular complexity index is 191. The second kappa shape index (κ2) is 4.22. The van der Waals surface area contributed by atoms with Gasteiger partial charge >= 0.3 is 0 Å². The number of hydrogen-bond donors (Lipinski definition) is 0. The Balaban J connectivity index is 2.39. The maximum Gasteiger partial charge on any atom is 0.133 e. The lowest BCUT2D eigenvalue weighted by atomic mass is 9.51. The lowest BCUT2D eigenvalue weighted by Crippen LogP contribution is -2.00. The van der Waals surface area contributed by atoms with Crippen LogP contribution in [-0.2, 0) is 6.42 Å². The summed E-state index contributed by atoms with van der Waals surface area (Å²) in [5.74, 6) is 0. The first-order valence-corrected chi connectivity index (χ1v) is 4.33. The summed E-state index contributed by atoms with van der Waals surface area (Å²) in [7, 11) is 0. The fourth-order valence-electron chi connectivity index (χ4n) is 1.10. The van der Waals surface area contributed by atoms with Gasteiger partial charge in [-0.1, -0.05) is 50.3 Å². The van der Waals surface area contributed by atoms with Crippen LogP contribution in [0.2, 0.25) is 20.0 Å².